The number of fused-ring (bicyclic) bond motifs is 1. The molecule has 0 aliphatic rings. The fraction of sp³-hybridized carbons (Fsp3) is 0.375. The molecule has 0 radical (unpaired) electrons. The number of hydrogen-bond donors (Lipinski definition) is 1. The lowest BCUT2D eigenvalue weighted by atomic mass is 10.0. The zero-order valence-corrected chi connectivity index (χ0v) is 13.3. The molecule has 4 nitrogen and oxygen atoms in total. The maximum absolute atomic E-state index is 12.7. The number of rotatable bonds is 3. The van der Waals surface area contributed by atoms with Gasteiger partial charge in [0.25, 0.3) is 0 Å². The van der Waals surface area contributed by atoms with Crippen LogP contribution in [0.25, 0.3) is 10.9 Å². The highest BCUT2D eigenvalue weighted by molar-refractivity contribution is 6.35. The number of carboxylic acid groups (broad SMARTS) is 1. The lowest BCUT2D eigenvalue weighted by Crippen LogP contribution is -2.23. The lowest BCUT2D eigenvalue weighted by Gasteiger charge is -2.22. The highest BCUT2D eigenvalue weighted by atomic mass is 35.5. The molecule has 0 aliphatic heterocycles. The van der Waals surface area contributed by atoms with E-state index >= 15 is 0 Å². The van der Waals surface area contributed by atoms with Gasteiger partial charge in [-0.1, -0.05) is 17.7 Å². The number of pyridine rings is 1. The van der Waals surface area contributed by atoms with Crippen molar-refractivity contribution in [2.75, 3.05) is 0 Å². The van der Waals surface area contributed by atoms with Crippen LogP contribution in [0.15, 0.2) is 16.9 Å². The maximum Gasteiger partial charge on any atom is 0.308 e. The molecular weight excluding hydrogens is 290 g/mol. The first-order valence-electron chi connectivity index (χ1n) is 6.80. The summed E-state index contributed by atoms with van der Waals surface area (Å²) >= 11 is 6.21. The Morgan fingerprint density at radius 3 is 2.48 bits per heavy atom. The highest BCUT2D eigenvalue weighted by Gasteiger charge is 2.20. The second-order valence-electron chi connectivity index (χ2n) is 5.52. The SMILES string of the molecule is Cc1ccc(Cl)c2c(=O)c(CC(=O)O)c(C)n(C(C)C)c12. The van der Waals surface area contributed by atoms with Crippen LogP contribution >= 0.6 is 11.6 Å². The molecule has 1 N–H and O–H groups in total. The van der Waals surface area contributed by atoms with E-state index in [2.05, 4.69) is 0 Å². The van der Waals surface area contributed by atoms with Crippen molar-refractivity contribution in [1.82, 2.24) is 4.57 Å². The fourth-order valence-corrected chi connectivity index (χ4v) is 3.07. The van der Waals surface area contributed by atoms with E-state index in [9.17, 15) is 9.59 Å². The molecule has 21 heavy (non-hydrogen) atoms. The van der Waals surface area contributed by atoms with Gasteiger partial charge in [0.05, 0.1) is 22.3 Å². The van der Waals surface area contributed by atoms with E-state index in [1.54, 1.807) is 13.0 Å². The van der Waals surface area contributed by atoms with E-state index in [1.807, 2.05) is 31.4 Å². The average Bonchev–Trinajstić information content (AvgIpc) is 2.37. The Kier molecular flexibility index (Phi) is 4.10. The second-order valence-corrected chi connectivity index (χ2v) is 5.92. The van der Waals surface area contributed by atoms with Gasteiger partial charge in [-0.25, -0.2) is 0 Å². The summed E-state index contributed by atoms with van der Waals surface area (Å²) in [5.41, 5.74) is 2.45. The summed E-state index contributed by atoms with van der Waals surface area (Å²) in [6.45, 7) is 7.72. The van der Waals surface area contributed by atoms with Gasteiger partial charge in [-0.3, -0.25) is 9.59 Å². The zero-order valence-electron chi connectivity index (χ0n) is 12.5. The Balaban J connectivity index is 3.07. The van der Waals surface area contributed by atoms with Gasteiger partial charge < -0.3 is 9.67 Å². The van der Waals surface area contributed by atoms with Crippen molar-refractivity contribution < 1.29 is 9.90 Å². The number of aromatic nitrogens is 1. The number of aliphatic carboxylic acids is 1. The van der Waals surface area contributed by atoms with Gasteiger partial charge in [-0.05, 0) is 39.3 Å². The monoisotopic (exact) mass is 307 g/mol. The molecule has 1 aromatic carbocycles. The number of carboxylic acids is 1. The van der Waals surface area contributed by atoms with Gasteiger partial charge in [-0.2, -0.15) is 0 Å². The molecule has 0 aliphatic carbocycles. The topological polar surface area (TPSA) is 59.3 Å². The number of halogens is 1. The predicted molar refractivity (Wildman–Crippen MR) is 84.4 cm³/mol. The highest BCUT2D eigenvalue weighted by Crippen LogP contribution is 2.28. The van der Waals surface area contributed by atoms with Crippen molar-refractivity contribution in [2.45, 2.75) is 40.2 Å². The van der Waals surface area contributed by atoms with Gasteiger partial charge in [0, 0.05) is 17.3 Å². The number of benzene rings is 1. The van der Waals surface area contributed by atoms with Crippen LogP contribution in [-0.4, -0.2) is 15.6 Å². The summed E-state index contributed by atoms with van der Waals surface area (Å²) in [6, 6.07) is 3.66. The fourth-order valence-electron chi connectivity index (χ4n) is 2.83. The van der Waals surface area contributed by atoms with Crippen LogP contribution in [0.4, 0.5) is 0 Å². The van der Waals surface area contributed by atoms with Gasteiger partial charge in [0.15, 0.2) is 5.43 Å². The van der Waals surface area contributed by atoms with Crippen molar-refractivity contribution in [3.8, 4) is 0 Å². The van der Waals surface area contributed by atoms with E-state index in [0.29, 0.717) is 21.7 Å². The van der Waals surface area contributed by atoms with E-state index < -0.39 is 5.97 Å². The summed E-state index contributed by atoms with van der Waals surface area (Å²) in [5, 5.41) is 9.83. The lowest BCUT2D eigenvalue weighted by molar-refractivity contribution is -0.136. The molecule has 1 heterocycles. The van der Waals surface area contributed by atoms with Crippen LogP contribution in [-0.2, 0) is 11.2 Å². The maximum atomic E-state index is 12.7. The predicted octanol–water partition coefficient (Wildman–Crippen LogP) is 3.48. The number of carbonyl (C=O) groups is 1. The largest absolute Gasteiger partial charge is 0.481 e. The minimum atomic E-state index is -1.02. The van der Waals surface area contributed by atoms with E-state index in [1.165, 1.54) is 0 Å². The molecule has 0 saturated heterocycles. The summed E-state index contributed by atoms with van der Waals surface area (Å²) < 4.78 is 2.00. The van der Waals surface area contributed by atoms with E-state index in [4.69, 9.17) is 16.7 Å². The third kappa shape index (κ3) is 2.56. The molecule has 0 unspecified atom stereocenters. The van der Waals surface area contributed by atoms with Crippen LogP contribution in [0.5, 0.6) is 0 Å². The third-order valence-electron chi connectivity index (χ3n) is 3.71. The molecule has 0 atom stereocenters. The Labute approximate surface area is 128 Å². The van der Waals surface area contributed by atoms with Gasteiger partial charge in [-0.15, -0.1) is 0 Å². The van der Waals surface area contributed by atoms with Gasteiger partial charge in [0.1, 0.15) is 0 Å². The molecule has 0 bridgehead atoms. The van der Waals surface area contributed by atoms with Crippen LogP contribution in [0, 0.1) is 13.8 Å². The number of hydrogen-bond acceptors (Lipinski definition) is 2. The van der Waals surface area contributed by atoms with Crippen LogP contribution in [0.3, 0.4) is 0 Å². The van der Waals surface area contributed by atoms with Gasteiger partial charge in [0.2, 0.25) is 0 Å². The Morgan fingerprint density at radius 1 is 1.33 bits per heavy atom. The molecule has 5 heteroatoms. The van der Waals surface area contributed by atoms with E-state index in [-0.39, 0.29) is 17.9 Å². The second kappa shape index (κ2) is 5.53. The molecule has 1 aromatic heterocycles. The van der Waals surface area contributed by atoms with Crippen molar-refractivity contribution in [3.05, 3.63) is 44.2 Å². The number of aryl methyl sites for hydroxylation is 1. The first-order valence-corrected chi connectivity index (χ1v) is 7.18. The van der Waals surface area contributed by atoms with E-state index in [0.717, 1.165) is 11.1 Å². The first kappa shape index (κ1) is 15.6. The number of nitrogens with zero attached hydrogens (tertiary/aromatic N) is 1. The summed E-state index contributed by atoms with van der Waals surface area (Å²) in [5.74, 6) is -1.02. The molecule has 2 aromatic rings. The smallest absolute Gasteiger partial charge is 0.308 e. The molecule has 0 spiro atoms. The minimum absolute atomic E-state index is 0.0952. The van der Waals surface area contributed by atoms with Crippen molar-refractivity contribution in [2.24, 2.45) is 0 Å². The van der Waals surface area contributed by atoms with Crippen molar-refractivity contribution >= 4 is 28.5 Å². The Hall–Kier alpha value is -1.81. The summed E-state index contributed by atoms with van der Waals surface area (Å²) in [4.78, 5) is 23.7. The molecule has 0 fully saturated rings. The van der Waals surface area contributed by atoms with Crippen LogP contribution in [0.2, 0.25) is 5.02 Å². The third-order valence-corrected chi connectivity index (χ3v) is 4.03. The normalized spacial score (nSPS) is 11.3. The molecular formula is C16H18ClNO3. The molecule has 0 amide bonds. The molecule has 2 rings (SSSR count). The van der Waals surface area contributed by atoms with Crippen LogP contribution in [0.1, 0.15) is 36.7 Å². The quantitative estimate of drug-likeness (QED) is 0.944. The van der Waals surface area contributed by atoms with Crippen molar-refractivity contribution in [3.63, 3.8) is 0 Å². The first-order chi connectivity index (χ1) is 9.75. The molecule has 112 valence electrons. The summed E-state index contributed by atoms with van der Waals surface area (Å²) in [6.07, 6.45) is -0.294. The van der Waals surface area contributed by atoms with Crippen molar-refractivity contribution in [1.29, 1.82) is 0 Å². The molecule has 0 saturated carbocycles. The summed E-state index contributed by atoms with van der Waals surface area (Å²) in [7, 11) is 0. The zero-order chi connectivity index (χ0) is 15.9. The standard InChI is InChI=1S/C16H18ClNO3/c1-8(2)18-10(4)11(7-13(19)20)16(21)14-12(17)6-5-9(3)15(14)18/h5-6,8H,7H2,1-4H3,(H,19,20). The van der Waals surface area contributed by atoms with Gasteiger partial charge >= 0.3 is 5.97 Å². The minimum Gasteiger partial charge on any atom is -0.481 e. The Bertz CT molecular complexity index is 790. The Morgan fingerprint density at radius 2 is 1.95 bits per heavy atom. The van der Waals surface area contributed by atoms with Crippen LogP contribution < -0.4 is 5.43 Å². The average molecular weight is 308 g/mol.